The maximum absolute atomic E-state index is 5.90. The van der Waals surface area contributed by atoms with Crippen LogP contribution in [-0.2, 0) is 17.8 Å². The van der Waals surface area contributed by atoms with Crippen molar-refractivity contribution in [1.29, 1.82) is 0 Å². The minimum atomic E-state index is 0.336. The summed E-state index contributed by atoms with van der Waals surface area (Å²) in [6.07, 6.45) is 2.99. The molecule has 0 aromatic carbocycles. The molecule has 0 radical (unpaired) electrons. The summed E-state index contributed by atoms with van der Waals surface area (Å²) in [6.45, 7) is 3.73. The molecule has 0 amide bonds. The second-order valence-electron chi connectivity index (χ2n) is 5.14. The van der Waals surface area contributed by atoms with Gasteiger partial charge in [-0.15, -0.1) is 0 Å². The first-order valence-electron chi connectivity index (χ1n) is 7.31. The van der Waals surface area contributed by atoms with E-state index in [1.54, 1.807) is 0 Å². The monoisotopic (exact) mass is 282 g/mol. The Hall–Kier alpha value is -0.920. The summed E-state index contributed by atoms with van der Waals surface area (Å²) < 4.78 is 11.4. The van der Waals surface area contributed by atoms with E-state index in [1.807, 2.05) is 19.2 Å². The van der Waals surface area contributed by atoms with Crippen molar-refractivity contribution >= 4 is 0 Å². The lowest BCUT2D eigenvalue weighted by molar-refractivity contribution is 0.0466. The van der Waals surface area contributed by atoms with Gasteiger partial charge in [-0.25, -0.2) is 0 Å². The fourth-order valence-corrected chi connectivity index (χ4v) is 2.44. The third-order valence-electron chi connectivity index (χ3n) is 3.47. The lowest BCUT2D eigenvalue weighted by Crippen LogP contribution is -2.35. The molecular formula is C14H26N4O2. The zero-order valence-electron chi connectivity index (χ0n) is 12.2. The molecule has 2 atom stereocenters. The van der Waals surface area contributed by atoms with Crippen LogP contribution >= 0.6 is 0 Å². The van der Waals surface area contributed by atoms with Crippen LogP contribution in [0.15, 0.2) is 16.5 Å². The summed E-state index contributed by atoms with van der Waals surface area (Å²) in [4.78, 5) is 0. The van der Waals surface area contributed by atoms with Crippen molar-refractivity contribution in [2.24, 2.45) is 5.73 Å². The number of furan rings is 1. The Morgan fingerprint density at radius 1 is 1.15 bits per heavy atom. The average Bonchev–Trinajstić information content (AvgIpc) is 3.08. The van der Waals surface area contributed by atoms with Crippen molar-refractivity contribution in [3.8, 4) is 0 Å². The highest BCUT2D eigenvalue weighted by Gasteiger charge is 2.23. The van der Waals surface area contributed by atoms with E-state index in [0.29, 0.717) is 25.3 Å². The summed E-state index contributed by atoms with van der Waals surface area (Å²) in [5.41, 5.74) is 5.50. The molecule has 6 heteroatoms. The molecule has 1 aliphatic heterocycles. The van der Waals surface area contributed by atoms with Crippen LogP contribution < -0.4 is 21.7 Å². The molecule has 5 N–H and O–H groups in total. The van der Waals surface area contributed by atoms with Gasteiger partial charge in [-0.3, -0.25) is 5.32 Å². The van der Waals surface area contributed by atoms with Crippen LogP contribution in [0.25, 0.3) is 0 Å². The fraction of sp³-hybridized carbons (Fsp3) is 0.714. The molecule has 0 aliphatic carbocycles. The van der Waals surface area contributed by atoms with E-state index in [0.717, 1.165) is 44.1 Å². The standard InChI is InChI=1S/C14H26N4O2/c1-16-7-12-4-5-14(20-12)9-18-10-17-8-13-3-2-11(6-15)19-13/h2-3,12,14,16-18H,4-10,15H2,1H3. The number of likely N-dealkylation sites (N-methyl/N-ethyl adjacent to an activating group) is 1. The van der Waals surface area contributed by atoms with Crippen molar-refractivity contribution in [2.45, 2.75) is 38.1 Å². The fourth-order valence-electron chi connectivity index (χ4n) is 2.44. The quantitative estimate of drug-likeness (QED) is 0.381. The summed E-state index contributed by atoms with van der Waals surface area (Å²) in [6, 6.07) is 3.87. The van der Waals surface area contributed by atoms with Crippen LogP contribution in [0, 0.1) is 0 Å². The van der Waals surface area contributed by atoms with Crippen molar-refractivity contribution < 1.29 is 9.15 Å². The molecule has 2 heterocycles. The summed E-state index contributed by atoms with van der Waals surface area (Å²) in [5, 5.41) is 9.80. The second kappa shape index (κ2) is 8.39. The highest BCUT2D eigenvalue weighted by Crippen LogP contribution is 2.18. The van der Waals surface area contributed by atoms with E-state index in [9.17, 15) is 0 Å². The van der Waals surface area contributed by atoms with E-state index in [4.69, 9.17) is 14.9 Å². The predicted octanol–water partition coefficient (Wildman–Crippen LogP) is 0.142. The number of rotatable bonds is 9. The Bertz CT molecular complexity index is 383. The van der Waals surface area contributed by atoms with E-state index in [-0.39, 0.29) is 0 Å². The van der Waals surface area contributed by atoms with Crippen LogP contribution in [0.5, 0.6) is 0 Å². The number of hydrogen-bond acceptors (Lipinski definition) is 6. The van der Waals surface area contributed by atoms with Crippen LogP contribution in [0.1, 0.15) is 24.4 Å². The maximum Gasteiger partial charge on any atom is 0.118 e. The molecule has 2 rings (SSSR count). The topological polar surface area (TPSA) is 84.5 Å². The van der Waals surface area contributed by atoms with Gasteiger partial charge in [0.25, 0.3) is 0 Å². The average molecular weight is 282 g/mol. The number of ether oxygens (including phenoxy) is 1. The summed E-state index contributed by atoms with van der Waals surface area (Å²) in [5.74, 6) is 1.74. The van der Waals surface area contributed by atoms with Gasteiger partial charge < -0.3 is 25.5 Å². The lowest BCUT2D eigenvalue weighted by atomic mass is 10.2. The molecule has 20 heavy (non-hydrogen) atoms. The van der Waals surface area contributed by atoms with Gasteiger partial charge in [-0.1, -0.05) is 0 Å². The van der Waals surface area contributed by atoms with Crippen molar-refractivity contribution in [3.63, 3.8) is 0 Å². The zero-order chi connectivity index (χ0) is 14.2. The Balaban J connectivity index is 1.51. The smallest absolute Gasteiger partial charge is 0.118 e. The van der Waals surface area contributed by atoms with Gasteiger partial charge in [-0.2, -0.15) is 0 Å². The lowest BCUT2D eigenvalue weighted by Gasteiger charge is -2.14. The van der Waals surface area contributed by atoms with Gasteiger partial charge in [0.1, 0.15) is 11.5 Å². The van der Waals surface area contributed by atoms with Gasteiger partial charge in [0.05, 0.1) is 25.3 Å². The van der Waals surface area contributed by atoms with Gasteiger partial charge >= 0.3 is 0 Å². The third-order valence-corrected chi connectivity index (χ3v) is 3.47. The van der Waals surface area contributed by atoms with Gasteiger partial charge in [0.15, 0.2) is 0 Å². The van der Waals surface area contributed by atoms with Crippen LogP contribution in [0.4, 0.5) is 0 Å². The van der Waals surface area contributed by atoms with Crippen molar-refractivity contribution in [1.82, 2.24) is 16.0 Å². The molecule has 1 aliphatic rings. The van der Waals surface area contributed by atoms with Gasteiger partial charge in [-0.05, 0) is 32.0 Å². The molecule has 1 aromatic rings. The summed E-state index contributed by atoms with van der Waals surface area (Å²) >= 11 is 0. The first kappa shape index (κ1) is 15.5. The zero-order valence-corrected chi connectivity index (χ0v) is 12.2. The molecule has 6 nitrogen and oxygen atoms in total. The van der Waals surface area contributed by atoms with Crippen LogP contribution in [-0.4, -0.2) is 39.0 Å². The first-order valence-corrected chi connectivity index (χ1v) is 7.31. The number of nitrogens with one attached hydrogen (secondary N) is 3. The van der Waals surface area contributed by atoms with Gasteiger partial charge in [0, 0.05) is 19.8 Å². The molecule has 0 spiro atoms. The molecule has 0 bridgehead atoms. The third kappa shape index (κ3) is 4.88. The Kier molecular flexibility index (Phi) is 6.49. The van der Waals surface area contributed by atoms with E-state index in [1.165, 1.54) is 0 Å². The molecule has 114 valence electrons. The maximum atomic E-state index is 5.90. The van der Waals surface area contributed by atoms with E-state index >= 15 is 0 Å². The van der Waals surface area contributed by atoms with E-state index in [2.05, 4.69) is 16.0 Å². The van der Waals surface area contributed by atoms with E-state index < -0.39 is 0 Å². The normalized spacial score (nSPS) is 22.5. The number of nitrogens with two attached hydrogens (primary N) is 1. The highest BCUT2D eigenvalue weighted by molar-refractivity contribution is 5.06. The predicted molar refractivity (Wildman–Crippen MR) is 78.1 cm³/mol. The number of hydrogen-bond donors (Lipinski definition) is 4. The molecular weight excluding hydrogens is 256 g/mol. The SMILES string of the molecule is CNCC1CCC(CNCNCc2ccc(CN)o2)O1. The Morgan fingerprint density at radius 3 is 2.60 bits per heavy atom. The highest BCUT2D eigenvalue weighted by atomic mass is 16.5. The van der Waals surface area contributed by atoms with Gasteiger partial charge in [0.2, 0.25) is 0 Å². The molecule has 2 unspecified atom stereocenters. The van der Waals surface area contributed by atoms with Crippen LogP contribution in [0.3, 0.4) is 0 Å². The Labute approximate surface area is 120 Å². The summed E-state index contributed by atoms with van der Waals surface area (Å²) in [7, 11) is 1.96. The largest absolute Gasteiger partial charge is 0.463 e. The molecule has 1 aromatic heterocycles. The van der Waals surface area contributed by atoms with Crippen molar-refractivity contribution in [3.05, 3.63) is 23.7 Å². The molecule has 1 saturated heterocycles. The van der Waals surface area contributed by atoms with Crippen molar-refractivity contribution in [2.75, 3.05) is 26.8 Å². The Morgan fingerprint density at radius 2 is 1.90 bits per heavy atom. The molecule has 1 fully saturated rings. The minimum absolute atomic E-state index is 0.336. The molecule has 0 saturated carbocycles. The first-order chi connectivity index (χ1) is 9.81. The van der Waals surface area contributed by atoms with Crippen LogP contribution in [0.2, 0.25) is 0 Å². The minimum Gasteiger partial charge on any atom is -0.463 e. The second-order valence-corrected chi connectivity index (χ2v) is 5.14.